The first-order valence-corrected chi connectivity index (χ1v) is 8.60. The molecule has 0 aliphatic carbocycles. The minimum atomic E-state index is 0.0552. The number of hydrogen-bond donors (Lipinski definition) is 0. The summed E-state index contributed by atoms with van der Waals surface area (Å²) >= 11 is 17.9. The van der Waals surface area contributed by atoms with Gasteiger partial charge in [0.2, 0.25) is 5.91 Å². The van der Waals surface area contributed by atoms with Gasteiger partial charge >= 0.3 is 0 Å². The molecule has 1 aromatic carbocycles. The Morgan fingerprint density at radius 2 is 1.79 bits per heavy atom. The number of piperazine rings is 1. The Hall–Kier alpha value is -1.56. The van der Waals surface area contributed by atoms with Crippen LogP contribution in [0.2, 0.25) is 15.2 Å². The second kappa shape index (κ2) is 7.55. The van der Waals surface area contributed by atoms with Crippen LogP contribution in [0.5, 0.6) is 0 Å². The highest BCUT2D eigenvalue weighted by Crippen LogP contribution is 2.22. The summed E-state index contributed by atoms with van der Waals surface area (Å²) in [6, 6.07) is 6.92. The quantitative estimate of drug-likeness (QED) is 0.761. The molecule has 0 unspecified atom stereocenters. The highest BCUT2D eigenvalue weighted by atomic mass is 35.5. The smallest absolute Gasteiger partial charge is 0.227 e. The topological polar surface area (TPSA) is 49.3 Å². The molecule has 2 heterocycles. The average molecular weight is 386 g/mol. The van der Waals surface area contributed by atoms with Crippen molar-refractivity contribution in [2.24, 2.45) is 0 Å². The van der Waals surface area contributed by atoms with Crippen molar-refractivity contribution >= 4 is 46.5 Å². The molecule has 24 heavy (non-hydrogen) atoms. The fourth-order valence-corrected chi connectivity index (χ4v) is 3.24. The molecule has 3 rings (SSSR count). The lowest BCUT2D eigenvalue weighted by molar-refractivity contribution is -0.130. The number of halogens is 3. The zero-order valence-electron chi connectivity index (χ0n) is 12.8. The van der Waals surface area contributed by atoms with Gasteiger partial charge < -0.3 is 9.80 Å². The van der Waals surface area contributed by atoms with Crippen molar-refractivity contribution in [3.63, 3.8) is 0 Å². The van der Waals surface area contributed by atoms with Gasteiger partial charge in [-0.25, -0.2) is 9.97 Å². The molecule has 5 nitrogen and oxygen atoms in total. The summed E-state index contributed by atoms with van der Waals surface area (Å²) in [6.07, 6.45) is 1.72. The molecule has 1 aliphatic rings. The Balaban J connectivity index is 1.59. The molecule has 0 saturated carbocycles. The monoisotopic (exact) mass is 384 g/mol. The third-order valence-corrected chi connectivity index (χ3v) is 4.73. The molecule has 0 radical (unpaired) electrons. The number of carbonyl (C=O) groups excluding carboxylic acids is 1. The summed E-state index contributed by atoms with van der Waals surface area (Å²) in [7, 11) is 0. The second-order valence-electron chi connectivity index (χ2n) is 5.48. The van der Waals surface area contributed by atoms with Crippen LogP contribution in [-0.4, -0.2) is 47.0 Å². The van der Waals surface area contributed by atoms with Crippen molar-refractivity contribution in [1.82, 2.24) is 14.9 Å². The van der Waals surface area contributed by atoms with E-state index in [-0.39, 0.29) is 12.3 Å². The van der Waals surface area contributed by atoms with Gasteiger partial charge in [0.15, 0.2) is 0 Å². The number of nitrogens with zero attached hydrogens (tertiary/aromatic N) is 4. The summed E-state index contributed by atoms with van der Waals surface area (Å²) < 4.78 is 0. The molecule has 8 heteroatoms. The first-order valence-electron chi connectivity index (χ1n) is 7.47. The molecule has 0 bridgehead atoms. The highest BCUT2D eigenvalue weighted by molar-refractivity contribution is 6.35. The third-order valence-electron chi connectivity index (χ3n) is 3.93. The molecule has 0 N–H and O–H groups in total. The van der Waals surface area contributed by atoms with E-state index in [9.17, 15) is 4.79 Å². The van der Waals surface area contributed by atoms with Gasteiger partial charge in [0, 0.05) is 42.3 Å². The van der Waals surface area contributed by atoms with E-state index < -0.39 is 0 Å². The van der Waals surface area contributed by atoms with Crippen LogP contribution in [-0.2, 0) is 11.2 Å². The van der Waals surface area contributed by atoms with Gasteiger partial charge in [-0.1, -0.05) is 40.9 Å². The van der Waals surface area contributed by atoms with Crippen molar-refractivity contribution in [2.45, 2.75) is 6.42 Å². The zero-order valence-corrected chi connectivity index (χ0v) is 15.0. The zero-order chi connectivity index (χ0) is 17.1. The molecule has 1 fully saturated rings. The number of benzene rings is 1. The van der Waals surface area contributed by atoms with Crippen molar-refractivity contribution in [1.29, 1.82) is 0 Å². The fourth-order valence-electron chi connectivity index (χ4n) is 2.62. The van der Waals surface area contributed by atoms with Crippen molar-refractivity contribution < 1.29 is 4.79 Å². The SMILES string of the molecule is O=C(Cc1ccc(Cl)cc1Cl)N1CCN(c2cc(Cl)ncn2)CC1. The van der Waals surface area contributed by atoms with Crippen molar-refractivity contribution in [2.75, 3.05) is 31.1 Å². The summed E-state index contributed by atoms with van der Waals surface area (Å²) in [5, 5.41) is 1.49. The van der Waals surface area contributed by atoms with E-state index in [0.717, 1.165) is 11.4 Å². The molecule has 0 atom stereocenters. The summed E-state index contributed by atoms with van der Waals surface area (Å²) in [6.45, 7) is 2.66. The van der Waals surface area contributed by atoms with Crippen LogP contribution in [0, 0.1) is 0 Å². The van der Waals surface area contributed by atoms with Crippen LogP contribution >= 0.6 is 34.8 Å². The van der Waals surface area contributed by atoms with Crippen LogP contribution in [0.15, 0.2) is 30.6 Å². The maximum Gasteiger partial charge on any atom is 0.227 e. The van der Waals surface area contributed by atoms with E-state index in [0.29, 0.717) is 41.4 Å². The highest BCUT2D eigenvalue weighted by Gasteiger charge is 2.22. The minimum Gasteiger partial charge on any atom is -0.353 e. The summed E-state index contributed by atoms with van der Waals surface area (Å²) in [4.78, 5) is 24.5. The minimum absolute atomic E-state index is 0.0552. The number of anilines is 1. The predicted octanol–water partition coefficient (Wildman–Crippen LogP) is 3.33. The van der Waals surface area contributed by atoms with Gasteiger partial charge in [-0.2, -0.15) is 0 Å². The van der Waals surface area contributed by atoms with Crippen LogP contribution < -0.4 is 4.90 Å². The largest absolute Gasteiger partial charge is 0.353 e. The van der Waals surface area contributed by atoms with E-state index in [4.69, 9.17) is 34.8 Å². The van der Waals surface area contributed by atoms with Crippen LogP contribution in [0.1, 0.15) is 5.56 Å². The Morgan fingerprint density at radius 1 is 1.04 bits per heavy atom. The number of amides is 1. The van der Waals surface area contributed by atoms with Crippen molar-refractivity contribution in [3.8, 4) is 0 Å². The third kappa shape index (κ3) is 4.09. The van der Waals surface area contributed by atoms with E-state index in [1.54, 1.807) is 24.3 Å². The first-order chi connectivity index (χ1) is 11.5. The molecule has 1 aliphatic heterocycles. The maximum absolute atomic E-state index is 12.5. The molecule has 126 valence electrons. The van der Waals surface area contributed by atoms with Crippen LogP contribution in [0.4, 0.5) is 5.82 Å². The Labute approximate surface area is 155 Å². The predicted molar refractivity (Wildman–Crippen MR) is 96.0 cm³/mol. The van der Waals surface area contributed by atoms with E-state index in [1.807, 2.05) is 4.90 Å². The maximum atomic E-state index is 12.5. The van der Waals surface area contributed by atoms with Gasteiger partial charge in [0.25, 0.3) is 0 Å². The fraction of sp³-hybridized carbons (Fsp3) is 0.312. The second-order valence-corrected chi connectivity index (χ2v) is 6.71. The van der Waals surface area contributed by atoms with Gasteiger partial charge in [0.05, 0.1) is 6.42 Å². The van der Waals surface area contributed by atoms with Crippen LogP contribution in [0.25, 0.3) is 0 Å². The Bertz CT molecular complexity index is 748. The van der Waals surface area contributed by atoms with Gasteiger partial charge in [0.1, 0.15) is 17.3 Å². The molecule has 1 amide bonds. The molecule has 0 spiro atoms. The molecular formula is C16H15Cl3N4O. The van der Waals surface area contributed by atoms with E-state index >= 15 is 0 Å². The standard InChI is InChI=1S/C16H15Cl3N4O/c17-12-2-1-11(13(18)8-12)7-16(24)23-5-3-22(4-6-23)15-9-14(19)20-10-21-15/h1-2,8-10H,3-7H2. The van der Waals surface area contributed by atoms with Gasteiger partial charge in [-0.3, -0.25) is 4.79 Å². The van der Waals surface area contributed by atoms with Gasteiger partial charge in [-0.15, -0.1) is 0 Å². The van der Waals surface area contributed by atoms with Gasteiger partial charge in [-0.05, 0) is 17.7 Å². The molecule has 1 aromatic heterocycles. The van der Waals surface area contributed by atoms with Crippen LogP contribution in [0.3, 0.4) is 0 Å². The average Bonchev–Trinajstić information content (AvgIpc) is 2.57. The number of aromatic nitrogens is 2. The Morgan fingerprint density at radius 3 is 2.46 bits per heavy atom. The lowest BCUT2D eigenvalue weighted by Gasteiger charge is -2.35. The lowest BCUT2D eigenvalue weighted by Crippen LogP contribution is -2.49. The molecule has 2 aromatic rings. The first kappa shape index (κ1) is 17.3. The van der Waals surface area contributed by atoms with E-state index in [1.165, 1.54) is 6.33 Å². The lowest BCUT2D eigenvalue weighted by atomic mass is 10.1. The molecular weight excluding hydrogens is 371 g/mol. The normalized spacial score (nSPS) is 14.8. The molecule has 1 saturated heterocycles. The summed E-state index contributed by atoms with van der Waals surface area (Å²) in [5.74, 6) is 0.836. The van der Waals surface area contributed by atoms with E-state index in [2.05, 4.69) is 14.9 Å². The summed E-state index contributed by atoms with van der Waals surface area (Å²) in [5.41, 5.74) is 0.788. The number of carbonyl (C=O) groups is 1. The Kier molecular flexibility index (Phi) is 5.43. The number of rotatable bonds is 3. The number of hydrogen-bond acceptors (Lipinski definition) is 4. The van der Waals surface area contributed by atoms with Crippen molar-refractivity contribution in [3.05, 3.63) is 51.4 Å².